The maximum absolute atomic E-state index is 5.82. The molecule has 2 nitrogen and oxygen atoms in total. The van der Waals surface area contributed by atoms with Crippen LogP contribution in [0.1, 0.15) is 0 Å². The second-order valence-electron chi connectivity index (χ2n) is 5.54. The fraction of sp³-hybridized carbons (Fsp3) is 0. The molecule has 0 unspecified atom stereocenters. The predicted molar refractivity (Wildman–Crippen MR) is 103 cm³/mol. The van der Waals surface area contributed by atoms with Crippen LogP contribution in [0.25, 0.3) is 33.5 Å². The zero-order valence-electron chi connectivity index (χ0n) is 12.8. The lowest BCUT2D eigenvalue weighted by atomic mass is 9.94. The first-order valence-electron chi connectivity index (χ1n) is 7.59. The van der Waals surface area contributed by atoms with E-state index in [4.69, 9.17) is 17.8 Å². The first kappa shape index (κ1) is 15.1. The average molecular weight is 371 g/mol. The Morgan fingerprint density at radius 3 is 1.58 bits per heavy atom. The van der Waals surface area contributed by atoms with Crippen molar-refractivity contribution in [3.05, 3.63) is 77.3 Å². The highest BCUT2D eigenvalue weighted by Gasteiger charge is 2.13. The Morgan fingerprint density at radius 2 is 1.08 bits per heavy atom. The van der Waals surface area contributed by atoms with E-state index in [1.165, 1.54) is 0 Å². The molecule has 0 atom stereocenters. The Labute approximate surface area is 150 Å². The predicted octanol–water partition coefficient (Wildman–Crippen LogP) is 4.52. The Balaban J connectivity index is 2.00. The highest BCUT2D eigenvalue weighted by Crippen LogP contribution is 2.31. The molecule has 1 aromatic heterocycles. The van der Waals surface area contributed by atoms with Crippen molar-refractivity contribution in [3.8, 4) is 22.5 Å². The van der Waals surface area contributed by atoms with Gasteiger partial charge in [-0.15, -0.1) is 0 Å². The average Bonchev–Trinajstić information content (AvgIpc) is 2.62. The third-order valence-electron chi connectivity index (χ3n) is 3.87. The third-order valence-corrected chi connectivity index (χ3v) is 4.40. The molecule has 0 fully saturated rings. The summed E-state index contributed by atoms with van der Waals surface area (Å²) in [6.45, 7) is 0. The fourth-order valence-corrected chi connectivity index (χ4v) is 2.92. The van der Waals surface area contributed by atoms with Gasteiger partial charge in [0.2, 0.25) is 0 Å². The normalized spacial score (nSPS) is 10.9. The number of nitrogens with zero attached hydrogens (tertiary/aromatic N) is 2. The molecule has 0 saturated heterocycles. The van der Waals surface area contributed by atoms with Crippen LogP contribution in [0.15, 0.2) is 77.3 Å². The molecule has 0 aliphatic heterocycles. The molecule has 0 aliphatic rings. The van der Waals surface area contributed by atoms with Gasteiger partial charge in [-0.25, -0.2) is 9.97 Å². The number of fused-ring (bicyclic) bond motifs is 1. The summed E-state index contributed by atoms with van der Waals surface area (Å²) in [4.78, 5) is 9.72. The molecule has 2 radical (unpaired) electrons. The van der Waals surface area contributed by atoms with Crippen LogP contribution >= 0.6 is 15.9 Å². The van der Waals surface area contributed by atoms with E-state index in [1.807, 2.05) is 72.8 Å². The van der Waals surface area contributed by atoms with Gasteiger partial charge in [-0.2, -0.15) is 0 Å². The van der Waals surface area contributed by atoms with E-state index in [0.717, 1.165) is 43.5 Å². The zero-order valence-corrected chi connectivity index (χ0v) is 14.4. The second kappa shape index (κ2) is 6.21. The molecule has 0 amide bonds. The van der Waals surface area contributed by atoms with Crippen molar-refractivity contribution in [1.29, 1.82) is 0 Å². The minimum Gasteiger partial charge on any atom is -0.244 e. The summed E-state index contributed by atoms with van der Waals surface area (Å²) in [5, 5.41) is 0. The molecule has 0 aliphatic carbocycles. The lowest BCUT2D eigenvalue weighted by Gasteiger charge is -2.11. The summed E-state index contributed by atoms with van der Waals surface area (Å²) < 4.78 is 1.04. The van der Waals surface area contributed by atoms with Gasteiger partial charge in [-0.05, 0) is 24.3 Å². The van der Waals surface area contributed by atoms with Gasteiger partial charge in [0.15, 0.2) is 0 Å². The molecule has 3 aromatic carbocycles. The molecular formula is C20H12BBrN2. The van der Waals surface area contributed by atoms with Gasteiger partial charge >= 0.3 is 0 Å². The molecule has 24 heavy (non-hydrogen) atoms. The lowest BCUT2D eigenvalue weighted by Crippen LogP contribution is -2.01. The van der Waals surface area contributed by atoms with Gasteiger partial charge in [0.1, 0.15) is 7.85 Å². The van der Waals surface area contributed by atoms with Crippen molar-refractivity contribution in [1.82, 2.24) is 9.97 Å². The number of hydrogen-bond acceptors (Lipinski definition) is 2. The fourth-order valence-electron chi connectivity index (χ4n) is 2.65. The first-order chi connectivity index (χ1) is 11.7. The van der Waals surface area contributed by atoms with E-state index in [9.17, 15) is 0 Å². The summed E-state index contributed by atoms with van der Waals surface area (Å²) in [7, 11) is 5.82. The molecule has 1 heterocycles. The molecule has 4 heteroatoms. The van der Waals surface area contributed by atoms with Crippen LogP contribution in [-0.2, 0) is 0 Å². The Hall–Kier alpha value is -2.46. The number of aromatic nitrogens is 2. The summed E-state index contributed by atoms with van der Waals surface area (Å²) in [6.07, 6.45) is 0. The van der Waals surface area contributed by atoms with Crippen LogP contribution in [0.2, 0.25) is 0 Å². The number of halogens is 1. The van der Waals surface area contributed by atoms with Crippen LogP contribution in [0, 0.1) is 0 Å². The van der Waals surface area contributed by atoms with Crippen molar-refractivity contribution in [2.45, 2.75) is 0 Å². The standard InChI is InChI=1S/C20H12BBrN2/c21-15-9-5-13(6-10-15)19-20(14-7-11-16(22)12-8-14)24-18-4-2-1-3-17(18)23-19/h1-12H. The van der Waals surface area contributed by atoms with Crippen molar-refractivity contribution in [2.24, 2.45) is 0 Å². The summed E-state index contributed by atoms with van der Waals surface area (Å²) in [5.74, 6) is 0. The van der Waals surface area contributed by atoms with Crippen LogP contribution in [-0.4, -0.2) is 17.8 Å². The van der Waals surface area contributed by atoms with Crippen molar-refractivity contribution in [3.63, 3.8) is 0 Å². The topological polar surface area (TPSA) is 25.8 Å². The van der Waals surface area contributed by atoms with E-state index in [0.29, 0.717) is 0 Å². The highest BCUT2D eigenvalue weighted by molar-refractivity contribution is 9.10. The lowest BCUT2D eigenvalue weighted by molar-refractivity contribution is 1.29. The second-order valence-corrected chi connectivity index (χ2v) is 6.45. The first-order valence-corrected chi connectivity index (χ1v) is 8.39. The quantitative estimate of drug-likeness (QED) is 0.485. The SMILES string of the molecule is [B]c1ccc(-c2nc3ccccc3nc2-c2ccc(Br)cc2)cc1. The monoisotopic (exact) mass is 370 g/mol. The van der Waals surface area contributed by atoms with Gasteiger partial charge in [-0.1, -0.05) is 69.9 Å². The van der Waals surface area contributed by atoms with Crippen LogP contribution in [0.3, 0.4) is 0 Å². The molecule has 0 N–H and O–H groups in total. The van der Waals surface area contributed by atoms with Crippen molar-refractivity contribution < 1.29 is 0 Å². The maximum atomic E-state index is 5.82. The van der Waals surface area contributed by atoms with E-state index in [1.54, 1.807) is 0 Å². The minimum absolute atomic E-state index is 0.734. The van der Waals surface area contributed by atoms with Gasteiger partial charge < -0.3 is 0 Å². The van der Waals surface area contributed by atoms with E-state index in [2.05, 4.69) is 15.9 Å². The summed E-state index contributed by atoms with van der Waals surface area (Å²) in [6, 6.07) is 23.8. The van der Waals surface area contributed by atoms with Crippen LogP contribution in [0.5, 0.6) is 0 Å². The third kappa shape index (κ3) is 2.85. The Kier molecular flexibility index (Phi) is 3.91. The molecule has 0 saturated carbocycles. The number of para-hydroxylation sites is 2. The molecule has 0 bridgehead atoms. The number of hydrogen-bond donors (Lipinski definition) is 0. The van der Waals surface area contributed by atoms with Crippen molar-refractivity contribution >= 4 is 40.3 Å². The van der Waals surface area contributed by atoms with Crippen molar-refractivity contribution in [2.75, 3.05) is 0 Å². The van der Waals surface area contributed by atoms with Gasteiger partial charge in [0.05, 0.1) is 22.4 Å². The van der Waals surface area contributed by atoms with E-state index < -0.39 is 0 Å². The largest absolute Gasteiger partial charge is 0.244 e. The maximum Gasteiger partial charge on any atom is 0.113 e. The van der Waals surface area contributed by atoms with Gasteiger partial charge in [0, 0.05) is 15.6 Å². The van der Waals surface area contributed by atoms with Gasteiger partial charge in [-0.3, -0.25) is 0 Å². The molecule has 0 spiro atoms. The smallest absolute Gasteiger partial charge is 0.113 e. The van der Waals surface area contributed by atoms with E-state index in [-0.39, 0.29) is 0 Å². The molecular weight excluding hydrogens is 359 g/mol. The minimum atomic E-state index is 0.734. The molecule has 112 valence electrons. The zero-order chi connectivity index (χ0) is 16.5. The number of benzene rings is 3. The number of rotatable bonds is 2. The van der Waals surface area contributed by atoms with Crippen LogP contribution in [0.4, 0.5) is 0 Å². The summed E-state index contributed by atoms with van der Waals surface area (Å²) in [5.41, 5.74) is 6.25. The van der Waals surface area contributed by atoms with E-state index >= 15 is 0 Å². The van der Waals surface area contributed by atoms with Gasteiger partial charge in [0.25, 0.3) is 0 Å². The molecule has 4 aromatic rings. The van der Waals surface area contributed by atoms with Crippen LogP contribution < -0.4 is 5.46 Å². The Bertz CT molecular complexity index is 928. The Morgan fingerprint density at radius 1 is 0.625 bits per heavy atom. The highest BCUT2D eigenvalue weighted by atomic mass is 79.9. The summed E-state index contributed by atoms with van der Waals surface area (Å²) >= 11 is 3.48. The molecule has 4 rings (SSSR count).